The van der Waals surface area contributed by atoms with Crippen molar-refractivity contribution in [2.45, 2.75) is 118 Å². The number of hydrogen-bond donors (Lipinski definition) is 1. The highest BCUT2D eigenvalue weighted by atomic mass is 16.8. The minimum absolute atomic E-state index is 0.0194. The van der Waals surface area contributed by atoms with Crippen LogP contribution in [0.25, 0.3) is 21.6 Å². The largest absolute Gasteiger partial charge is 0.465 e. The second kappa shape index (κ2) is 23.6. The number of esters is 1. The van der Waals surface area contributed by atoms with Crippen LogP contribution in [0.3, 0.4) is 0 Å². The summed E-state index contributed by atoms with van der Waals surface area (Å²) in [6, 6.07) is 15.5. The molecule has 1 N–H and O–H groups in total. The van der Waals surface area contributed by atoms with E-state index in [1.165, 1.54) is 56.9 Å². The van der Waals surface area contributed by atoms with Crippen molar-refractivity contribution in [3.8, 4) is 11.1 Å². The van der Waals surface area contributed by atoms with Gasteiger partial charge >= 0.3 is 5.97 Å². The van der Waals surface area contributed by atoms with Crippen molar-refractivity contribution in [3.05, 3.63) is 70.1 Å². The molecule has 0 radical (unpaired) electrons. The highest BCUT2D eigenvalue weighted by Gasteiger charge is 2.55. The molecule has 4 aliphatic rings. The number of carbonyl (C=O) groups excluding carboxylic acids is 2. The summed E-state index contributed by atoms with van der Waals surface area (Å²) in [6.45, 7) is 1.96. The minimum atomic E-state index is -1.12. The maximum atomic E-state index is 13.4. The molecule has 7 unspecified atom stereocenters. The third-order valence-electron chi connectivity index (χ3n) is 12.3. The van der Waals surface area contributed by atoms with E-state index < -0.39 is 104 Å². The van der Waals surface area contributed by atoms with Gasteiger partial charge in [0.25, 0.3) is 0 Å². The molecule has 20 heteroatoms. The number of methoxy groups -OCH3 is 8. The standard InChI is InChI=1S/C44H62N4O16/c1-23-33(47-48-45)36(53-4)40(57-8)43(60-23)63-35-30(22-52-3)62-44(41(58-9)38(35)55-6)64-34-29(21-51-2)61-42(39(56-7)37(34)54-5)46-31(49)18-19-32(50)59-20-28-26-16-12-10-14-24(26)25-15-11-13-17-27(25)28/h10-17,23,28-30,33-44H,18-22H2,1-9H3,(H,46,49)/t23?,29?,30?,33-,34+,35+,36-,37-,38-,39?,40?,41?,42?,43+,44+/m1/s1. The first kappa shape index (κ1) is 49.6. The lowest BCUT2D eigenvalue weighted by Gasteiger charge is -2.51. The van der Waals surface area contributed by atoms with Crippen molar-refractivity contribution in [3.63, 3.8) is 0 Å². The number of amides is 1. The number of azide groups is 1. The van der Waals surface area contributed by atoms with Crippen molar-refractivity contribution in [2.75, 3.05) is 76.7 Å². The molecule has 2 aromatic carbocycles. The lowest BCUT2D eigenvalue weighted by molar-refractivity contribution is -0.374. The molecule has 0 bridgehead atoms. The van der Waals surface area contributed by atoms with Gasteiger partial charge < -0.3 is 71.6 Å². The number of benzene rings is 2. The summed E-state index contributed by atoms with van der Waals surface area (Å²) in [5, 5.41) is 6.74. The van der Waals surface area contributed by atoms with E-state index >= 15 is 0 Å². The number of nitrogens with zero attached hydrogens (tertiary/aromatic N) is 3. The van der Waals surface area contributed by atoms with Gasteiger partial charge in [-0.25, -0.2) is 0 Å². The smallest absolute Gasteiger partial charge is 0.306 e. The fourth-order valence-corrected chi connectivity index (χ4v) is 9.26. The average Bonchev–Trinajstić information content (AvgIpc) is 3.62. The Balaban J connectivity index is 1.11. The van der Waals surface area contributed by atoms with E-state index in [9.17, 15) is 15.1 Å². The van der Waals surface area contributed by atoms with Gasteiger partial charge in [-0.05, 0) is 34.7 Å². The van der Waals surface area contributed by atoms with Crippen LogP contribution >= 0.6 is 0 Å². The Morgan fingerprint density at radius 3 is 1.66 bits per heavy atom. The van der Waals surface area contributed by atoms with Gasteiger partial charge in [-0.3, -0.25) is 9.59 Å². The Morgan fingerprint density at radius 2 is 1.12 bits per heavy atom. The number of hydrogen-bond acceptors (Lipinski definition) is 17. The minimum Gasteiger partial charge on any atom is -0.465 e. The zero-order valence-electron chi connectivity index (χ0n) is 37.8. The number of fused-ring (bicyclic) bond motifs is 3. The summed E-state index contributed by atoms with van der Waals surface area (Å²) in [4.78, 5) is 29.4. The molecule has 6 rings (SSSR count). The molecular weight excluding hydrogens is 840 g/mol. The predicted molar refractivity (Wildman–Crippen MR) is 225 cm³/mol. The van der Waals surface area contributed by atoms with E-state index in [0.29, 0.717) is 0 Å². The Hall–Kier alpha value is -3.83. The van der Waals surface area contributed by atoms with Gasteiger partial charge in [-0.1, -0.05) is 53.6 Å². The van der Waals surface area contributed by atoms with Crippen molar-refractivity contribution >= 4 is 11.9 Å². The molecule has 1 aliphatic carbocycles. The van der Waals surface area contributed by atoms with Gasteiger partial charge in [0.15, 0.2) is 18.8 Å². The molecule has 3 fully saturated rings. The molecule has 3 saturated heterocycles. The summed E-state index contributed by atoms with van der Waals surface area (Å²) in [5.74, 6) is -1.07. The molecule has 15 atom stereocenters. The van der Waals surface area contributed by atoms with Gasteiger partial charge in [0, 0.05) is 74.1 Å². The first-order valence-electron chi connectivity index (χ1n) is 21.2. The van der Waals surface area contributed by atoms with Gasteiger partial charge in [-0.15, -0.1) is 0 Å². The maximum Gasteiger partial charge on any atom is 0.306 e. The van der Waals surface area contributed by atoms with E-state index in [1.54, 1.807) is 6.92 Å². The Morgan fingerprint density at radius 1 is 0.625 bits per heavy atom. The fraction of sp³-hybridized carbons (Fsp3) is 0.682. The quantitative estimate of drug-likeness (QED) is 0.0822. The molecule has 1 amide bonds. The summed E-state index contributed by atoms with van der Waals surface area (Å²) in [7, 11) is 11.9. The molecule has 0 saturated carbocycles. The van der Waals surface area contributed by atoms with Gasteiger partial charge in [0.05, 0.1) is 37.9 Å². The molecule has 2 aromatic rings. The Labute approximate surface area is 373 Å². The van der Waals surface area contributed by atoms with Crippen LogP contribution in [0, 0.1) is 0 Å². The summed E-state index contributed by atoms with van der Waals surface area (Å²) < 4.78 is 84.8. The van der Waals surface area contributed by atoms with Crippen LogP contribution in [-0.4, -0.2) is 181 Å². The van der Waals surface area contributed by atoms with Crippen molar-refractivity contribution < 1.29 is 75.9 Å². The van der Waals surface area contributed by atoms with Crippen LogP contribution in [0.1, 0.15) is 36.8 Å². The van der Waals surface area contributed by atoms with E-state index in [2.05, 4.69) is 27.5 Å². The van der Waals surface area contributed by atoms with Gasteiger partial charge in [0.1, 0.15) is 61.5 Å². The molecule has 64 heavy (non-hydrogen) atoms. The lowest BCUT2D eigenvalue weighted by Crippen LogP contribution is -2.68. The summed E-state index contributed by atoms with van der Waals surface area (Å²) in [5.41, 5.74) is 13.6. The van der Waals surface area contributed by atoms with E-state index in [4.69, 9.17) is 66.3 Å². The van der Waals surface area contributed by atoms with Crippen molar-refractivity contribution in [2.24, 2.45) is 5.11 Å². The first-order valence-corrected chi connectivity index (χ1v) is 21.2. The monoisotopic (exact) mass is 902 g/mol. The third-order valence-corrected chi connectivity index (χ3v) is 12.3. The second-order valence-corrected chi connectivity index (χ2v) is 15.8. The van der Waals surface area contributed by atoms with Crippen molar-refractivity contribution in [1.82, 2.24) is 5.32 Å². The zero-order chi connectivity index (χ0) is 45.9. The molecule has 3 aliphatic heterocycles. The molecule has 3 heterocycles. The summed E-state index contributed by atoms with van der Waals surface area (Å²) >= 11 is 0. The van der Waals surface area contributed by atoms with Crippen LogP contribution in [-0.2, 0) is 75.9 Å². The Bertz CT molecular complexity index is 1830. The number of rotatable bonds is 21. The predicted octanol–water partition coefficient (Wildman–Crippen LogP) is 3.27. The van der Waals surface area contributed by atoms with Crippen molar-refractivity contribution in [1.29, 1.82) is 0 Å². The van der Waals surface area contributed by atoms with Crippen LogP contribution in [0.4, 0.5) is 0 Å². The van der Waals surface area contributed by atoms with Crippen LogP contribution in [0.5, 0.6) is 0 Å². The second-order valence-electron chi connectivity index (χ2n) is 15.8. The topological polar surface area (TPSA) is 224 Å². The maximum absolute atomic E-state index is 13.4. The highest BCUT2D eigenvalue weighted by Crippen LogP contribution is 2.44. The fourth-order valence-electron chi connectivity index (χ4n) is 9.26. The molecular formula is C44H62N4O16. The van der Waals surface area contributed by atoms with E-state index in [1.807, 2.05) is 36.4 Å². The third kappa shape index (κ3) is 10.7. The molecule has 0 aromatic heterocycles. The normalized spacial score (nSPS) is 33.7. The number of nitrogens with one attached hydrogen (secondary N) is 1. The lowest BCUT2D eigenvalue weighted by atomic mass is 9.95. The summed E-state index contributed by atoms with van der Waals surface area (Å²) in [6.07, 6.45) is -12.5. The molecule has 0 spiro atoms. The first-order chi connectivity index (χ1) is 31.1. The highest BCUT2D eigenvalue weighted by molar-refractivity contribution is 5.82. The van der Waals surface area contributed by atoms with E-state index in [-0.39, 0.29) is 38.6 Å². The molecule has 354 valence electrons. The number of ether oxygens (including phenoxy) is 14. The van der Waals surface area contributed by atoms with Gasteiger partial charge in [0.2, 0.25) is 5.91 Å². The molecule has 20 nitrogen and oxygen atoms in total. The average molecular weight is 903 g/mol. The van der Waals surface area contributed by atoms with Crippen LogP contribution < -0.4 is 5.32 Å². The van der Waals surface area contributed by atoms with Gasteiger partial charge in [-0.2, -0.15) is 0 Å². The van der Waals surface area contributed by atoms with E-state index in [0.717, 1.165) is 22.3 Å². The van der Waals surface area contributed by atoms with Crippen LogP contribution in [0.15, 0.2) is 53.6 Å². The SMILES string of the molecule is COCC1OC(NC(=O)CCC(=O)OCC2c3ccccc3-c3ccccc32)C(OC)[C@H](OC)[C@H]1O[C@@H]1OC(COC)[C@H](O[C@@H]2OC(C)[C@@H](N=[N+]=[N-])[C@@H](OC)C2OC)[C@@H](OC)C1OC. The Kier molecular flexibility index (Phi) is 18.3. The zero-order valence-corrected chi connectivity index (χ0v) is 37.8. The number of carbonyl (C=O) groups is 2. The van der Waals surface area contributed by atoms with Crippen LogP contribution in [0.2, 0.25) is 0 Å².